The number of anilines is 1. The normalized spacial score (nSPS) is 17.0. The Morgan fingerprint density at radius 2 is 2.00 bits per heavy atom. The minimum absolute atomic E-state index is 0.165. The first-order chi connectivity index (χ1) is 9.85. The van der Waals surface area contributed by atoms with Crippen molar-refractivity contribution in [2.75, 3.05) is 26.0 Å². The predicted molar refractivity (Wildman–Crippen MR) is 76.3 cm³/mol. The summed E-state index contributed by atoms with van der Waals surface area (Å²) in [6, 6.07) is 3.68. The molecule has 9 heteroatoms. The molecule has 1 aromatic rings. The molecule has 0 atom stereocenters. The first-order valence-corrected chi connectivity index (χ1v) is 7.88. The lowest BCUT2D eigenvalue weighted by Crippen LogP contribution is -2.40. The first-order valence-electron chi connectivity index (χ1n) is 6.44. The lowest BCUT2D eigenvalue weighted by atomic mass is 10.1. The fraction of sp³-hybridized carbons (Fsp3) is 0.500. The smallest absolute Gasteiger partial charge is 0.312 e. The van der Waals surface area contributed by atoms with Crippen molar-refractivity contribution < 1.29 is 18.1 Å². The Morgan fingerprint density at radius 3 is 2.57 bits per heavy atom. The Hall–Kier alpha value is -1.71. The molecule has 1 saturated heterocycles. The number of hydrogen-bond acceptors (Lipinski definition) is 6. The number of nitrogen functional groups attached to an aromatic ring is 1. The molecular formula is C12H17N3O5S. The molecule has 2 rings (SSSR count). The molecule has 2 N–H and O–H groups in total. The van der Waals surface area contributed by atoms with E-state index in [0.29, 0.717) is 26.1 Å². The number of nitro groups is 1. The maximum Gasteiger partial charge on any atom is 0.312 e. The Morgan fingerprint density at radius 1 is 1.38 bits per heavy atom. The fourth-order valence-electron chi connectivity index (χ4n) is 2.34. The molecule has 116 valence electrons. The molecule has 1 aliphatic rings. The monoisotopic (exact) mass is 315 g/mol. The summed E-state index contributed by atoms with van der Waals surface area (Å²) < 4.78 is 31.6. The summed E-state index contributed by atoms with van der Waals surface area (Å²) in [6.07, 6.45) is 1.12. The van der Waals surface area contributed by atoms with Crippen LogP contribution in [0, 0.1) is 10.1 Å². The maximum absolute atomic E-state index is 12.6. The minimum atomic E-state index is -3.98. The van der Waals surface area contributed by atoms with Crippen molar-refractivity contribution in [1.29, 1.82) is 0 Å². The van der Waals surface area contributed by atoms with Gasteiger partial charge >= 0.3 is 5.69 Å². The van der Waals surface area contributed by atoms with Crippen LogP contribution in [0.5, 0.6) is 0 Å². The second-order valence-electron chi connectivity index (χ2n) is 4.82. The van der Waals surface area contributed by atoms with Crippen LogP contribution in [0.4, 0.5) is 11.4 Å². The number of ether oxygens (including phenoxy) is 1. The molecule has 1 aromatic carbocycles. The van der Waals surface area contributed by atoms with Crippen LogP contribution in [0.15, 0.2) is 23.1 Å². The molecule has 0 aromatic heterocycles. The lowest BCUT2D eigenvalue weighted by Gasteiger charge is -2.30. The fourth-order valence-corrected chi connectivity index (χ4v) is 3.94. The van der Waals surface area contributed by atoms with Crippen LogP contribution in [0.3, 0.4) is 0 Å². The van der Waals surface area contributed by atoms with Crippen LogP contribution in [0.25, 0.3) is 0 Å². The van der Waals surface area contributed by atoms with E-state index in [1.807, 2.05) is 0 Å². The molecule has 0 bridgehead atoms. The zero-order chi connectivity index (χ0) is 15.6. The van der Waals surface area contributed by atoms with Gasteiger partial charge in [0.2, 0.25) is 10.0 Å². The van der Waals surface area contributed by atoms with E-state index in [9.17, 15) is 18.5 Å². The number of para-hydroxylation sites is 1. The van der Waals surface area contributed by atoms with Crippen molar-refractivity contribution in [3.8, 4) is 0 Å². The second-order valence-corrected chi connectivity index (χ2v) is 6.78. The average molecular weight is 315 g/mol. The highest BCUT2D eigenvalue weighted by atomic mass is 32.2. The van der Waals surface area contributed by atoms with Gasteiger partial charge in [-0.05, 0) is 25.0 Å². The van der Waals surface area contributed by atoms with E-state index >= 15 is 0 Å². The van der Waals surface area contributed by atoms with Gasteiger partial charge in [-0.3, -0.25) is 10.1 Å². The lowest BCUT2D eigenvalue weighted by molar-refractivity contribution is -0.386. The number of nitrogens with two attached hydrogens (primary N) is 1. The van der Waals surface area contributed by atoms with Crippen LogP contribution < -0.4 is 5.73 Å². The van der Waals surface area contributed by atoms with Crippen molar-refractivity contribution in [3.63, 3.8) is 0 Å². The Labute approximate surface area is 122 Å². The van der Waals surface area contributed by atoms with E-state index in [2.05, 4.69) is 0 Å². The number of sulfonamides is 1. The van der Waals surface area contributed by atoms with E-state index in [0.717, 1.165) is 0 Å². The van der Waals surface area contributed by atoms with Gasteiger partial charge in [-0.1, -0.05) is 6.07 Å². The van der Waals surface area contributed by atoms with Gasteiger partial charge in [0.05, 0.1) is 4.92 Å². The molecule has 0 unspecified atom stereocenters. The van der Waals surface area contributed by atoms with Gasteiger partial charge in [0.25, 0.3) is 0 Å². The molecule has 0 radical (unpaired) electrons. The third-order valence-electron chi connectivity index (χ3n) is 3.57. The van der Waals surface area contributed by atoms with Crippen LogP contribution in [-0.2, 0) is 14.8 Å². The number of rotatable bonds is 4. The average Bonchev–Trinajstić information content (AvgIpc) is 2.46. The molecule has 0 spiro atoms. The zero-order valence-corrected chi connectivity index (χ0v) is 12.4. The third-order valence-corrected chi connectivity index (χ3v) is 5.52. The zero-order valence-electron chi connectivity index (χ0n) is 11.6. The Kier molecular flexibility index (Phi) is 4.45. The highest BCUT2D eigenvalue weighted by molar-refractivity contribution is 7.89. The number of hydrogen-bond donors (Lipinski definition) is 1. The number of benzene rings is 1. The maximum atomic E-state index is 12.6. The summed E-state index contributed by atoms with van der Waals surface area (Å²) in [5.41, 5.74) is 4.81. The van der Waals surface area contributed by atoms with Crippen LogP contribution in [0.2, 0.25) is 0 Å². The summed E-state index contributed by atoms with van der Waals surface area (Å²) in [4.78, 5) is 9.97. The third kappa shape index (κ3) is 2.99. The summed E-state index contributed by atoms with van der Waals surface area (Å²) >= 11 is 0. The van der Waals surface area contributed by atoms with E-state index in [4.69, 9.17) is 10.5 Å². The summed E-state index contributed by atoms with van der Waals surface area (Å²) in [5, 5.41) is 11.1. The van der Waals surface area contributed by atoms with E-state index < -0.39 is 20.6 Å². The van der Waals surface area contributed by atoms with Crippen LogP contribution >= 0.6 is 0 Å². The molecular weight excluding hydrogens is 298 g/mol. The molecule has 8 nitrogen and oxygen atoms in total. The Balaban J connectivity index is 2.44. The Bertz CT molecular complexity index is 640. The van der Waals surface area contributed by atoms with E-state index in [-0.39, 0.29) is 16.6 Å². The van der Waals surface area contributed by atoms with Crippen molar-refractivity contribution >= 4 is 21.4 Å². The molecule has 0 aliphatic carbocycles. The standard InChI is InChI=1S/C12H17N3O5S/c1-14(9-5-7-20-8-6-9)21(18,19)11-4-2-3-10(13)12(11)15(16)17/h2-4,9H,5-8,13H2,1H3. The summed E-state index contributed by atoms with van der Waals surface area (Å²) in [7, 11) is -2.55. The quantitative estimate of drug-likeness (QED) is 0.503. The van der Waals surface area contributed by atoms with Gasteiger partial charge in [-0.25, -0.2) is 8.42 Å². The number of nitrogens with zero attached hydrogens (tertiary/aromatic N) is 2. The van der Waals surface area contributed by atoms with Crippen molar-refractivity contribution in [2.24, 2.45) is 0 Å². The van der Waals surface area contributed by atoms with Gasteiger partial charge in [-0.15, -0.1) is 0 Å². The highest BCUT2D eigenvalue weighted by Gasteiger charge is 2.35. The van der Waals surface area contributed by atoms with Crippen molar-refractivity contribution in [1.82, 2.24) is 4.31 Å². The largest absolute Gasteiger partial charge is 0.393 e. The number of nitro benzene ring substituents is 1. The van der Waals surface area contributed by atoms with Gasteiger partial charge in [0, 0.05) is 26.3 Å². The minimum Gasteiger partial charge on any atom is -0.393 e. The molecule has 1 heterocycles. The van der Waals surface area contributed by atoms with Gasteiger partial charge < -0.3 is 10.5 Å². The van der Waals surface area contributed by atoms with Crippen molar-refractivity contribution in [3.05, 3.63) is 28.3 Å². The van der Waals surface area contributed by atoms with Crippen molar-refractivity contribution in [2.45, 2.75) is 23.8 Å². The van der Waals surface area contributed by atoms with Gasteiger partial charge in [0.15, 0.2) is 4.90 Å². The second kappa shape index (κ2) is 5.96. The first kappa shape index (κ1) is 15.7. The molecule has 21 heavy (non-hydrogen) atoms. The highest BCUT2D eigenvalue weighted by Crippen LogP contribution is 2.32. The molecule has 0 amide bonds. The van der Waals surface area contributed by atoms with E-state index in [1.54, 1.807) is 0 Å². The van der Waals surface area contributed by atoms with Gasteiger partial charge in [-0.2, -0.15) is 4.31 Å². The molecule has 0 saturated carbocycles. The van der Waals surface area contributed by atoms with E-state index in [1.165, 1.54) is 29.6 Å². The summed E-state index contributed by atoms with van der Waals surface area (Å²) in [6.45, 7) is 0.951. The SMILES string of the molecule is CN(C1CCOCC1)S(=O)(=O)c1cccc(N)c1[N+](=O)[O-]. The van der Waals surface area contributed by atoms with Gasteiger partial charge in [0.1, 0.15) is 5.69 Å². The van der Waals surface area contributed by atoms with Crippen LogP contribution in [0.1, 0.15) is 12.8 Å². The molecule has 1 fully saturated rings. The summed E-state index contributed by atoms with van der Waals surface area (Å²) in [5.74, 6) is 0. The topological polar surface area (TPSA) is 116 Å². The van der Waals surface area contributed by atoms with Crippen LogP contribution in [-0.4, -0.2) is 43.9 Å². The molecule has 1 aliphatic heterocycles. The predicted octanol–water partition coefficient (Wildman–Crippen LogP) is 0.977.